The fourth-order valence-corrected chi connectivity index (χ4v) is 4.20. The zero-order chi connectivity index (χ0) is 25.3. The van der Waals surface area contributed by atoms with Crippen molar-refractivity contribution < 1.29 is 26.8 Å². The topological polar surface area (TPSA) is 86.8 Å². The lowest BCUT2D eigenvalue weighted by atomic mass is 10.1. The number of anilines is 1. The molecule has 0 aliphatic rings. The van der Waals surface area contributed by atoms with E-state index in [-0.39, 0.29) is 18.1 Å². The van der Waals surface area contributed by atoms with Gasteiger partial charge < -0.3 is 10.2 Å². The third-order valence-electron chi connectivity index (χ3n) is 5.35. The second-order valence-corrected chi connectivity index (χ2v) is 9.92. The first-order valence-corrected chi connectivity index (χ1v) is 12.9. The first-order chi connectivity index (χ1) is 16.0. The summed E-state index contributed by atoms with van der Waals surface area (Å²) in [6, 6.07) is 11.1. The SMILES string of the molecule is CCCCNC(=O)[C@H](C)N(CCc1ccccc1)C(=O)CN(c1ccc(F)c(F)c1)S(C)(=O)=O. The van der Waals surface area contributed by atoms with Crippen molar-refractivity contribution in [2.24, 2.45) is 0 Å². The number of sulfonamides is 1. The molecule has 7 nitrogen and oxygen atoms in total. The Balaban J connectivity index is 2.29. The van der Waals surface area contributed by atoms with E-state index in [1.165, 1.54) is 4.90 Å². The number of nitrogens with one attached hydrogen (secondary N) is 1. The normalized spacial score (nSPS) is 12.1. The van der Waals surface area contributed by atoms with Gasteiger partial charge in [0.05, 0.1) is 11.9 Å². The van der Waals surface area contributed by atoms with E-state index in [2.05, 4.69) is 5.32 Å². The number of nitrogens with zero attached hydrogens (tertiary/aromatic N) is 2. The summed E-state index contributed by atoms with van der Waals surface area (Å²) in [5.41, 5.74) is 0.761. The number of unbranched alkanes of at least 4 members (excludes halogenated alkanes) is 1. The van der Waals surface area contributed by atoms with Crippen LogP contribution in [0.4, 0.5) is 14.5 Å². The Labute approximate surface area is 199 Å². The molecule has 2 aromatic carbocycles. The molecule has 0 aliphatic carbocycles. The largest absolute Gasteiger partial charge is 0.354 e. The molecule has 0 spiro atoms. The van der Waals surface area contributed by atoms with E-state index in [1.54, 1.807) is 6.92 Å². The van der Waals surface area contributed by atoms with Crippen LogP contribution in [-0.4, -0.2) is 57.1 Å². The quantitative estimate of drug-likeness (QED) is 0.459. The van der Waals surface area contributed by atoms with E-state index in [1.807, 2.05) is 37.3 Å². The average molecular weight is 496 g/mol. The van der Waals surface area contributed by atoms with E-state index < -0.39 is 40.2 Å². The first kappa shape index (κ1) is 27.2. The minimum Gasteiger partial charge on any atom is -0.354 e. The van der Waals surface area contributed by atoms with E-state index >= 15 is 0 Å². The van der Waals surface area contributed by atoms with Crippen molar-refractivity contribution in [3.63, 3.8) is 0 Å². The van der Waals surface area contributed by atoms with Crippen LogP contribution in [0.3, 0.4) is 0 Å². The molecule has 0 bridgehead atoms. The third kappa shape index (κ3) is 7.79. The van der Waals surface area contributed by atoms with Crippen LogP contribution in [0.2, 0.25) is 0 Å². The number of amides is 2. The summed E-state index contributed by atoms with van der Waals surface area (Å²) in [5.74, 6) is -3.36. The highest BCUT2D eigenvalue weighted by molar-refractivity contribution is 7.92. The van der Waals surface area contributed by atoms with Gasteiger partial charge in [-0.3, -0.25) is 13.9 Å². The zero-order valence-electron chi connectivity index (χ0n) is 19.6. The molecule has 1 atom stereocenters. The fourth-order valence-electron chi connectivity index (χ4n) is 3.36. The second kappa shape index (κ2) is 12.5. The minimum absolute atomic E-state index is 0.167. The van der Waals surface area contributed by atoms with Crippen molar-refractivity contribution in [3.05, 3.63) is 65.7 Å². The fraction of sp³-hybridized carbons (Fsp3) is 0.417. The molecule has 0 saturated carbocycles. The maximum absolute atomic E-state index is 13.8. The molecule has 2 aromatic rings. The molecule has 0 aromatic heterocycles. The van der Waals surface area contributed by atoms with Gasteiger partial charge in [-0.05, 0) is 37.5 Å². The maximum atomic E-state index is 13.8. The monoisotopic (exact) mass is 495 g/mol. The predicted octanol–water partition coefficient (Wildman–Crippen LogP) is 3.11. The number of carbonyl (C=O) groups excluding carboxylic acids is 2. The van der Waals surface area contributed by atoms with Crippen LogP contribution in [0, 0.1) is 11.6 Å². The van der Waals surface area contributed by atoms with E-state index in [9.17, 15) is 26.8 Å². The van der Waals surface area contributed by atoms with Crippen molar-refractivity contribution in [3.8, 4) is 0 Å². The molecule has 0 aliphatic heterocycles. The molecule has 1 N–H and O–H groups in total. The molecule has 0 radical (unpaired) electrons. The Morgan fingerprint density at radius 1 is 1.06 bits per heavy atom. The Hall–Kier alpha value is -3.01. The summed E-state index contributed by atoms with van der Waals surface area (Å²) in [7, 11) is -4.01. The van der Waals surface area contributed by atoms with Gasteiger partial charge in [-0.1, -0.05) is 43.7 Å². The average Bonchev–Trinajstić information content (AvgIpc) is 2.79. The van der Waals surface area contributed by atoms with Gasteiger partial charge in [-0.2, -0.15) is 0 Å². The number of benzene rings is 2. The van der Waals surface area contributed by atoms with Crippen molar-refractivity contribution in [2.75, 3.05) is 30.2 Å². The number of hydrogen-bond acceptors (Lipinski definition) is 4. The summed E-state index contributed by atoms with van der Waals surface area (Å²) in [6.45, 7) is 3.53. The van der Waals surface area contributed by atoms with Gasteiger partial charge in [0, 0.05) is 19.2 Å². The number of rotatable bonds is 12. The van der Waals surface area contributed by atoms with Gasteiger partial charge in [-0.25, -0.2) is 17.2 Å². The Kier molecular flexibility index (Phi) is 9.97. The van der Waals surface area contributed by atoms with Crippen molar-refractivity contribution in [1.82, 2.24) is 10.2 Å². The number of carbonyl (C=O) groups is 2. The molecular weight excluding hydrogens is 464 g/mol. The summed E-state index contributed by atoms with van der Waals surface area (Å²) < 4.78 is 52.6. The first-order valence-electron chi connectivity index (χ1n) is 11.1. The molecule has 0 heterocycles. The Bertz CT molecular complexity index is 1080. The van der Waals surface area contributed by atoms with Crippen molar-refractivity contribution in [1.29, 1.82) is 0 Å². The van der Waals surface area contributed by atoms with Gasteiger partial charge in [0.25, 0.3) is 0 Å². The van der Waals surface area contributed by atoms with Crippen LogP contribution in [-0.2, 0) is 26.0 Å². The molecule has 0 saturated heterocycles. The smallest absolute Gasteiger partial charge is 0.244 e. The van der Waals surface area contributed by atoms with Gasteiger partial charge in [0.1, 0.15) is 12.6 Å². The molecular formula is C24H31F2N3O4S. The predicted molar refractivity (Wildman–Crippen MR) is 128 cm³/mol. The summed E-state index contributed by atoms with van der Waals surface area (Å²) in [5, 5.41) is 2.79. The molecule has 0 unspecified atom stereocenters. The lowest BCUT2D eigenvalue weighted by Crippen LogP contribution is -2.52. The lowest BCUT2D eigenvalue weighted by molar-refractivity contribution is -0.138. The molecule has 186 valence electrons. The molecule has 34 heavy (non-hydrogen) atoms. The molecule has 0 fully saturated rings. The third-order valence-corrected chi connectivity index (χ3v) is 6.49. The highest BCUT2D eigenvalue weighted by atomic mass is 32.2. The summed E-state index contributed by atoms with van der Waals surface area (Å²) >= 11 is 0. The van der Waals surface area contributed by atoms with Gasteiger partial charge in [-0.15, -0.1) is 0 Å². The molecule has 2 amide bonds. The number of hydrogen-bond donors (Lipinski definition) is 1. The van der Waals surface area contributed by atoms with E-state index in [0.717, 1.165) is 42.9 Å². The highest BCUT2D eigenvalue weighted by Gasteiger charge is 2.30. The second-order valence-electron chi connectivity index (χ2n) is 8.01. The van der Waals surface area contributed by atoms with Gasteiger partial charge >= 0.3 is 0 Å². The van der Waals surface area contributed by atoms with E-state index in [0.29, 0.717) is 17.3 Å². The van der Waals surface area contributed by atoms with Crippen molar-refractivity contribution >= 4 is 27.5 Å². The van der Waals surface area contributed by atoms with Crippen LogP contribution >= 0.6 is 0 Å². The maximum Gasteiger partial charge on any atom is 0.244 e. The van der Waals surface area contributed by atoms with Crippen molar-refractivity contribution in [2.45, 2.75) is 39.2 Å². The molecule has 2 rings (SSSR count). The highest BCUT2D eigenvalue weighted by Crippen LogP contribution is 2.21. The number of halogens is 2. The van der Waals surface area contributed by atoms with Crippen LogP contribution in [0.1, 0.15) is 32.3 Å². The van der Waals surface area contributed by atoms with Crippen LogP contribution in [0.5, 0.6) is 0 Å². The Morgan fingerprint density at radius 2 is 1.74 bits per heavy atom. The summed E-state index contributed by atoms with van der Waals surface area (Å²) in [6.07, 6.45) is 3.00. The zero-order valence-corrected chi connectivity index (χ0v) is 20.4. The minimum atomic E-state index is -4.01. The van der Waals surface area contributed by atoms with E-state index in [4.69, 9.17) is 0 Å². The van der Waals surface area contributed by atoms with Crippen LogP contribution in [0.25, 0.3) is 0 Å². The van der Waals surface area contributed by atoms with Gasteiger partial charge in [0.2, 0.25) is 21.8 Å². The molecule has 10 heteroatoms. The Morgan fingerprint density at radius 3 is 2.32 bits per heavy atom. The van der Waals surface area contributed by atoms with Gasteiger partial charge in [0.15, 0.2) is 11.6 Å². The van der Waals surface area contributed by atoms with Crippen LogP contribution < -0.4 is 9.62 Å². The summed E-state index contributed by atoms with van der Waals surface area (Å²) in [4.78, 5) is 27.3. The standard InChI is InChI=1S/C24H31F2N3O4S/c1-4-5-14-27-24(31)18(2)28(15-13-19-9-7-6-8-10-19)23(30)17-29(34(3,32)33)20-11-12-21(25)22(26)16-20/h6-12,16,18H,4-5,13-15,17H2,1-3H3,(H,27,31)/t18-/m0/s1. The van der Waals surface area contributed by atoms with Crippen LogP contribution in [0.15, 0.2) is 48.5 Å². The lowest BCUT2D eigenvalue weighted by Gasteiger charge is -2.31.